The van der Waals surface area contributed by atoms with E-state index in [9.17, 15) is 4.79 Å². The highest BCUT2D eigenvalue weighted by Gasteiger charge is 2.14. The second-order valence-electron chi connectivity index (χ2n) is 8.28. The molecule has 0 fully saturated rings. The van der Waals surface area contributed by atoms with Crippen LogP contribution in [0.25, 0.3) is 0 Å². The molecule has 1 aliphatic rings. The van der Waals surface area contributed by atoms with Crippen LogP contribution in [0.3, 0.4) is 0 Å². The summed E-state index contributed by atoms with van der Waals surface area (Å²) in [7, 11) is 0. The molecule has 0 radical (unpaired) electrons. The smallest absolute Gasteiger partial charge is 0.255 e. The van der Waals surface area contributed by atoms with Crippen molar-refractivity contribution < 1.29 is 4.79 Å². The van der Waals surface area contributed by atoms with Crippen LogP contribution in [-0.4, -0.2) is 17.9 Å². The van der Waals surface area contributed by atoms with Gasteiger partial charge in [0, 0.05) is 22.6 Å². The maximum Gasteiger partial charge on any atom is 0.255 e. The summed E-state index contributed by atoms with van der Waals surface area (Å²) < 4.78 is 0. The zero-order chi connectivity index (χ0) is 24.8. The minimum Gasteiger partial charge on any atom is -0.364 e. The number of amides is 1. The summed E-state index contributed by atoms with van der Waals surface area (Å²) in [4.78, 5) is 17.7. The second-order valence-corrected chi connectivity index (χ2v) is 8.69. The van der Waals surface area contributed by atoms with Gasteiger partial charge in [-0.1, -0.05) is 35.9 Å². The minimum absolute atomic E-state index is 0.204. The third-order valence-corrected chi connectivity index (χ3v) is 6.06. The molecule has 4 rings (SSSR count). The summed E-state index contributed by atoms with van der Waals surface area (Å²) in [5.41, 5.74) is 5.54. The van der Waals surface area contributed by atoms with E-state index in [0.717, 1.165) is 29.0 Å². The Morgan fingerprint density at radius 3 is 2.74 bits per heavy atom. The highest BCUT2D eigenvalue weighted by atomic mass is 35.5. The van der Waals surface area contributed by atoms with Crippen LogP contribution >= 0.6 is 11.6 Å². The first-order chi connectivity index (χ1) is 16.9. The zero-order valence-electron chi connectivity index (χ0n) is 19.6. The first kappa shape index (κ1) is 24.1. The average Bonchev–Trinajstić information content (AvgIpc) is 2.88. The summed E-state index contributed by atoms with van der Waals surface area (Å²) in [6, 6.07) is 22.8. The van der Waals surface area contributed by atoms with Crippen LogP contribution in [0.5, 0.6) is 0 Å². The summed E-state index contributed by atoms with van der Waals surface area (Å²) in [5, 5.41) is 19.4. The predicted molar refractivity (Wildman–Crippen MR) is 143 cm³/mol. The van der Waals surface area contributed by atoms with Crippen molar-refractivity contribution in [1.29, 1.82) is 5.26 Å². The number of hydrogen-bond acceptors (Lipinski definition) is 5. The van der Waals surface area contributed by atoms with Gasteiger partial charge in [0.2, 0.25) is 0 Å². The van der Waals surface area contributed by atoms with E-state index in [0.29, 0.717) is 28.4 Å². The number of nitriles is 1. The Kier molecular flexibility index (Phi) is 7.49. The molecule has 7 heteroatoms. The summed E-state index contributed by atoms with van der Waals surface area (Å²) in [6.07, 6.45) is 3.10. The lowest BCUT2D eigenvalue weighted by atomic mass is 10.0. The van der Waals surface area contributed by atoms with Crippen molar-refractivity contribution in [1.82, 2.24) is 0 Å². The fourth-order valence-corrected chi connectivity index (χ4v) is 4.01. The van der Waals surface area contributed by atoms with Gasteiger partial charge in [-0.25, -0.2) is 4.99 Å². The van der Waals surface area contributed by atoms with Crippen molar-refractivity contribution in [2.45, 2.75) is 32.9 Å². The molecule has 0 aromatic heterocycles. The second kappa shape index (κ2) is 10.9. The summed E-state index contributed by atoms with van der Waals surface area (Å²) in [6.45, 7) is 3.83. The maximum atomic E-state index is 12.9. The van der Waals surface area contributed by atoms with Crippen LogP contribution in [0.1, 0.15) is 40.9 Å². The molecule has 35 heavy (non-hydrogen) atoms. The summed E-state index contributed by atoms with van der Waals surface area (Å²) in [5.74, 6) is 0.293. The van der Waals surface area contributed by atoms with Gasteiger partial charge in [-0.3, -0.25) is 4.79 Å². The van der Waals surface area contributed by atoms with Crippen LogP contribution < -0.4 is 16.0 Å². The largest absolute Gasteiger partial charge is 0.364 e. The van der Waals surface area contributed by atoms with Crippen molar-refractivity contribution in [2.24, 2.45) is 4.99 Å². The average molecular weight is 484 g/mol. The Labute approximate surface area is 210 Å². The third-order valence-electron chi connectivity index (χ3n) is 5.66. The van der Waals surface area contributed by atoms with E-state index in [4.69, 9.17) is 21.9 Å². The first-order valence-corrected chi connectivity index (χ1v) is 11.8. The van der Waals surface area contributed by atoms with E-state index in [1.54, 1.807) is 30.3 Å². The van der Waals surface area contributed by atoms with Crippen molar-refractivity contribution in [3.8, 4) is 6.07 Å². The van der Waals surface area contributed by atoms with Crippen LogP contribution in [0.2, 0.25) is 0 Å². The lowest BCUT2D eigenvalue weighted by Crippen LogP contribution is -2.20. The number of benzene rings is 3. The van der Waals surface area contributed by atoms with Gasteiger partial charge < -0.3 is 16.0 Å². The number of carbonyl (C=O) groups excluding carboxylic acids is 1. The Balaban J connectivity index is 1.71. The molecule has 1 amide bonds. The van der Waals surface area contributed by atoms with Gasteiger partial charge in [0.05, 0.1) is 16.7 Å². The van der Waals surface area contributed by atoms with Gasteiger partial charge >= 0.3 is 0 Å². The first-order valence-electron chi connectivity index (χ1n) is 11.4. The number of carbonyl (C=O) groups is 1. The number of halogens is 1. The van der Waals surface area contributed by atoms with E-state index in [1.807, 2.05) is 44.2 Å². The molecular weight excluding hydrogens is 458 g/mol. The molecular formula is C28H26ClN5O. The topological polar surface area (TPSA) is 89.3 Å². The number of aliphatic imine (C=N–C) groups is 1. The molecule has 1 atom stereocenters. The fraction of sp³-hybridized carbons (Fsp3) is 0.179. The lowest BCUT2D eigenvalue weighted by Gasteiger charge is -2.16. The lowest BCUT2D eigenvalue weighted by molar-refractivity contribution is 0.102. The maximum absolute atomic E-state index is 12.9. The molecule has 1 aliphatic heterocycles. The number of fused-ring (bicyclic) bond motifs is 4. The van der Waals surface area contributed by atoms with Gasteiger partial charge in [0.25, 0.3) is 5.91 Å². The minimum atomic E-state index is -0.263. The number of rotatable bonds is 3. The molecule has 1 heterocycles. The van der Waals surface area contributed by atoms with Gasteiger partial charge in [-0.05, 0) is 86.3 Å². The Morgan fingerprint density at radius 1 is 1.11 bits per heavy atom. The number of hydrogen-bond donors (Lipinski definition) is 3. The molecule has 176 valence electrons. The Bertz CT molecular complexity index is 1360. The van der Waals surface area contributed by atoms with Gasteiger partial charge in [-0.2, -0.15) is 5.26 Å². The molecule has 1 unspecified atom stereocenters. The standard InChI is InChI=1S/C28H26ClN5O/c1-3-25(29)27-32-18(2)31-23-9-5-6-19(15-23)10-11-21-16-24(33-27)12-13-26(21)34-28(35)22-8-4-7-20(14-22)17-30/h3-9,12-16,18,31H,10-11H2,1-2H3,(H,32,33)(H,34,35)/b25-3+. The van der Waals surface area contributed by atoms with Gasteiger partial charge in [0.15, 0.2) is 0 Å². The SMILES string of the molecule is C/C=C(Cl)\C1=N/C(C)Nc2cccc(c2)CCc2cc(ccc2NC(=O)c2cccc(C#N)c2)N1. The van der Waals surface area contributed by atoms with Crippen LogP contribution in [0, 0.1) is 11.3 Å². The Hall–Kier alpha value is -4.08. The van der Waals surface area contributed by atoms with Crippen molar-refractivity contribution >= 4 is 40.4 Å². The normalized spacial score (nSPS) is 17.1. The zero-order valence-corrected chi connectivity index (χ0v) is 20.4. The number of nitrogens with one attached hydrogen (secondary N) is 3. The van der Waals surface area contributed by atoms with Crippen LogP contribution in [0.4, 0.5) is 17.1 Å². The number of allylic oxidation sites excluding steroid dienone is 1. The van der Waals surface area contributed by atoms with Gasteiger partial charge in [0.1, 0.15) is 12.0 Å². The fourth-order valence-electron chi connectivity index (χ4n) is 3.91. The molecule has 0 saturated carbocycles. The van der Waals surface area contributed by atoms with E-state index in [-0.39, 0.29) is 12.1 Å². The van der Waals surface area contributed by atoms with E-state index in [2.05, 4.69) is 34.2 Å². The van der Waals surface area contributed by atoms with E-state index >= 15 is 0 Å². The highest BCUT2D eigenvalue weighted by Crippen LogP contribution is 2.26. The number of amidine groups is 1. The van der Waals surface area contributed by atoms with Crippen molar-refractivity contribution in [3.63, 3.8) is 0 Å². The quantitative estimate of drug-likeness (QED) is 0.406. The van der Waals surface area contributed by atoms with Crippen molar-refractivity contribution in [2.75, 3.05) is 16.0 Å². The number of nitrogens with zero attached hydrogens (tertiary/aromatic N) is 2. The monoisotopic (exact) mass is 483 g/mol. The molecule has 0 spiro atoms. The molecule has 3 aromatic carbocycles. The molecule has 0 aliphatic carbocycles. The predicted octanol–water partition coefficient (Wildman–Crippen LogP) is 6.32. The van der Waals surface area contributed by atoms with Crippen molar-refractivity contribution in [3.05, 3.63) is 100 Å². The van der Waals surface area contributed by atoms with E-state index in [1.165, 1.54) is 5.56 Å². The highest BCUT2D eigenvalue weighted by molar-refractivity contribution is 6.45. The number of aryl methyl sites for hydroxylation is 2. The molecule has 4 bridgehead atoms. The number of anilines is 3. The molecule has 3 aromatic rings. The van der Waals surface area contributed by atoms with Crippen LogP contribution in [-0.2, 0) is 12.8 Å². The van der Waals surface area contributed by atoms with E-state index < -0.39 is 0 Å². The molecule has 0 saturated heterocycles. The van der Waals surface area contributed by atoms with Gasteiger partial charge in [-0.15, -0.1) is 0 Å². The summed E-state index contributed by atoms with van der Waals surface area (Å²) >= 11 is 6.46. The Morgan fingerprint density at radius 2 is 1.94 bits per heavy atom. The molecule has 6 nitrogen and oxygen atoms in total. The van der Waals surface area contributed by atoms with Crippen LogP contribution in [0.15, 0.2) is 82.8 Å². The third kappa shape index (κ3) is 6.08. The molecule has 3 N–H and O–H groups in total.